The third-order valence-electron chi connectivity index (χ3n) is 3.74. The van der Waals surface area contributed by atoms with Crippen LogP contribution >= 0.6 is 0 Å². The molecule has 0 fully saturated rings. The van der Waals surface area contributed by atoms with Gasteiger partial charge in [0.15, 0.2) is 0 Å². The Hall–Kier alpha value is -2.43. The van der Waals surface area contributed by atoms with Gasteiger partial charge in [-0.2, -0.15) is 0 Å². The molecule has 0 aliphatic heterocycles. The van der Waals surface area contributed by atoms with E-state index in [9.17, 15) is 4.79 Å². The second-order valence-corrected chi connectivity index (χ2v) is 5.44. The lowest BCUT2D eigenvalue weighted by Gasteiger charge is -2.12. The molecule has 2 rings (SSSR count). The van der Waals surface area contributed by atoms with Crippen molar-refractivity contribution in [1.82, 2.24) is 15.3 Å². The molecule has 1 amide bonds. The molecule has 0 spiro atoms. The summed E-state index contributed by atoms with van der Waals surface area (Å²) in [4.78, 5) is 20.4. The molecule has 0 saturated heterocycles. The highest BCUT2D eigenvalue weighted by Crippen LogP contribution is 2.21. The van der Waals surface area contributed by atoms with E-state index >= 15 is 0 Å². The molecule has 1 aromatic carbocycles. The maximum Gasteiger partial charge on any atom is 0.271 e. The Morgan fingerprint density at radius 2 is 2.00 bits per heavy atom. The molecule has 0 aliphatic carbocycles. The molecule has 0 bridgehead atoms. The summed E-state index contributed by atoms with van der Waals surface area (Å²) in [6, 6.07) is 6.18. The fourth-order valence-corrected chi connectivity index (χ4v) is 1.93. The quantitative estimate of drug-likeness (QED) is 0.888. The van der Waals surface area contributed by atoms with Crippen LogP contribution < -0.4 is 10.6 Å². The number of hydrogen-bond acceptors (Lipinski definition) is 4. The second kappa shape index (κ2) is 7.02. The Balaban J connectivity index is 2.09. The largest absolute Gasteiger partial charge is 0.348 e. The number of amides is 1. The predicted molar refractivity (Wildman–Crippen MR) is 88.4 cm³/mol. The fraction of sp³-hybridized carbons (Fsp3) is 0.353. The first kappa shape index (κ1) is 15.9. The number of anilines is 2. The van der Waals surface area contributed by atoms with E-state index in [1.165, 1.54) is 17.3 Å². The van der Waals surface area contributed by atoms with Gasteiger partial charge in [0, 0.05) is 11.7 Å². The number of carbonyl (C=O) groups excluding carboxylic acids is 1. The van der Waals surface area contributed by atoms with E-state index < -0.39 is 0 Å². The van der Waals surface area contributed by atoms with Crippen LogP contribution in [0.1, 0.15) is 41.9 Å². The van der Waals surface area contributed by atoms with Crippen molar-refractivity contribution in [2.24, 2.45) is 0 Å². The van der Waals surface area contributed by atoms with Crippen LogP contribution in [0.15, 0.2) is 30.6 Å². The number of rotatable bonds is 5. The zero-order valence-electron chi connectivity index (χ0n) is 13.5. The summed E-state index contributed by atoms with van der Waals surface area (Å²) in [5.41, 5.74) is 3.70. The third kappa shape index (κ3) is 3.81. The molecule has 1 heterocycles. The smallest absolute Gasteiger partial charge is 0.271 e. The van der Waals surface area contributed by atoms with Crippen molar-refractivity contribution in [3.05, 3.63) is 47.4 Å². The monoisotopic (exact) mass is 298 g/mol. The molecule has 1 atom stereocenters. The van der Waals surface area contributed by atoms with Gasteiger partial charge in [-0.05, 0) is 44.4 Å². The molecule has 0 saturated carbocycles. The molecule has 0 aliphatic rings. The van der Waals surface area contributed by atoms with Crippen molar-refractivity contribution < 1.29 is 4.79 Å². The number of nitrogens with zero attached hydrogens (tertiary/aromatic N) is 2. The summed E-state index contributed by atoms with van der Waals surface area (Å²) in [7, 11) is 0. The van der Waals surface area contributed by atoms with Crippen molar-refractivity contribution in [1.29, 1.82) is 0 Å². The van der Waals surface area contributed by atoms with Gasteiger partial charge in [-0.3, -0.25) is 4.79 Å². The van der Waals surface area contributed by atoms with Crippen LogP contribution in [0.4, 0.5) is 11.5 Å². The molecule has 0 radical (unpaired) electrons. The minimum atomic E-state index is -0.194. The third-order valence-corrected chi connectivity index (χ3v) is 3.74. The topological polar surface area (TPSA) is 66.9 Å². The van der Waals surface area contributed by atoms with Crippen LogP contribution in [-0.2, 0) is 0 Å². The Kier molecular flexibility index (Phi) is 5.09. The van der Waals surface area contributed by atoms with Crippen LogP contribution in [0.25, 0.3) is 0 Å². The Morgan fingerprint density at radius 3 is 2.64 bits per heavy atom. The molecular weight excluding hydrogens is 276 g/mol. The number of aromatic nitrogens is 2. The van der Waals surface area contributed by atoms with E-state index in [-0.39, 0.29) is 11.9 Å². The fourth-order valence-electron chi connectivity index (χ4n) is 1.93. The molecule has 2 N–H and O–H groups in total. The van der Waals surface area contributed by atoms with Gasteiger partial charge < -0.3 is 10.6 Å². The average molecular weight is 298 g/mol. The first-order chi connectivity index (χ1) is 10.5. The summed E-state index contributed by atoms with van der Waals surface area (Å²) in [5.74, 6) is 0.425. The number of carbonyl (C=O) groups is 1. The van der Waals surface area contributed by atoms with E-state index in [2.05, 4.69) is 40.5 Å². The van der Waals surface area contributed by atoms with Gasteiger partial charge in [0.2, 0.25) is 0 Å². The van der Waals surface area contributed by atoms with Gasteiger partial charge in [-0.15, -0.1) is 0 Å². The van der Waals surface area contributed by atoms with E-state index in [0.717, 1.165) is 12.1 Å². The highest BCUT2D eigenvalue weighted by atomic mass is 16.1. The minimum Gasteiger partial charge on any atom is -0.348 e. The molecule has 1 aromatic heterocycles. The highest BCUT2D eigenvalue weighted by Gasteiger charge is 2.10. The highest BCUT2D eigenvalue weighted by molar-refractivity contribution is 5.92. The number of benzene rings is 1. The maximum absolute atomic E-state index is 11.9. The standard InChI is InChI=1S/C17H22N4O/c1-5-12(3)20-17(22)15-9-19-16(10-18-15)21-14-8-6-7-11(2)13(14)4/h6-10,12H,5H2,1-4H3,(H,19,21)(H,20,22). The van der Waals surface area contributed by atoms with E-state index in [0.29, 0.717) is 11.5 Å². The van der Waals surface area contributed by atoms with Gasteiger partial charge in [0.05, 0.1) is 12.4 Å². The minimum absolute atomic E-state index is 0.127. The van der Waals surface area contributed by atoms with Gasteiger partial charge in [0.25, 0.3) is 5.91 Å². The van der Waals surface area contributed by atoms with Crippen molar-refractivity contribution in [2.75, 3.05) is 5.32 Å². The average Bonchev–Trinajstić information content (AvgIpc) is 2.52. The van der Waals surface area contributed by atoms with Crippen LogP contribution in [0.3, 0.4) is 0 Å². The van der Waals surface area contributed by atoms with E-state index in [4.69, 9.17) is 0 Å². The summed E-state index contributed by atoms with van der Waals surface area (Å²) < 4.78 is 0. The lowest BCUT2D eigenvalue weighted by molar-refractivity contribution is 0.0934. The zero-order valence-corrected chi connectivity index (χ0v) is 13.5. The summed E-state index contributed by atoms with van der Waals surface area (Å²) in [6.07, 6.45) is 3.95. The Labute approximate surface area is 131 Å². The van der Waals surface area contributed by atoms with Crippen molar-refractivity contribution in [3.8, 4) is 0 Å². The lowest BCUT2D eigenvalue weighted by atomic mass is 10.1. The van der Waals surface area contributed by atoms with Crippen LogP contribution in [0.5, 0.6) is 0 Å². The van der Waals surface area contributed by atoms with Gasteiger partial charge >= 0.3 is 0 Å². The summed E-state index contributed by atoms with van der Waals surface area (Å²) in [5, 5.41) is 6.10. The maximum atomic E-state index is 11.9. The first-order valence-electron chi connectivity index (χ1n) is 7.47. The van der Waals surface area contributed by atoms with E-state index in [1.54, 1.807) is 6.20 Å². The number of nitrogens with one attached hydrogen (secondary N) is 2. The Morgan fingerprint density at radius 1 is 1.23 bits per heavy atom. The summed E-state index contributed by atoms with van der Waals surface area (Å²) >= 11 is 0. The van der Waals surface area contributed by atoms with Crippen LogP contribution in [0, 0.1) is 13.8 Å². The van der Waals surface area contributed by atoms with Crippen molar-refractivity contribution in [3.63, 3.8) is 0 Å². The lowest BCUT2D eigenvalue weighted by Crippen LogP contribution is -2.32. The Bertz CT molecular complexity index is 652. The number of hydrogen-bond donors (Lipinski definition) is 2. The molecule has 2 aromatic rings. The first-order valence-corrected chi connectivity index (χ1v) is 7.47. The van der Waals surface area contributed by atoms with Crippen molar-refractivity contribution >= 4 is 17.4 Å². The molecule has 5 nitrogen and oxygen atoms in total. The second-order valence-electron chi connectivity index (χ2n) is 5.44. The summed E-state index contributed by atoms with van der Waals surface area (Å²) in [6.45, 7) is 8.10. The molecule has 5 heteroatoms. The predicted octanol–water partition coefficient (Wildman–Crippen LogP) is 3.37. The van der Waals surface area contributed by atoms with Gasteiger partial charge in [-0.25, -0.2) is 9.97 Å². The zero-order chi connectivity index (χ0) is 16.1. The van der Waals surface area contributed by atoms with E-state index in [1.807, 2.05) is 26.0 Å². The van der Waals surface area contributed by atoms with Crippen LogP contribution in [0.2, 0.25) is 0 Å². The van der Waals surface area contributed by atoms with Gasteiger partial charge in [0.1, 0.15) is 11.5 Å². The SMILES string of the molecule is CCC(C)NC(=O)c1cnc(Nc2cccc(C)c2C)cn1. The molecule has 1 unspecified atom stereocenters. The molecular formula is C17H22N4O. The normalized spacial score (nSPS) is 11.8. The van der Waals surface area contributed by atoms with Crippen molar-refractivity contribution in [2.45, 2.75) is 40.2 Å². The molecule has 116 valence electrons. The number of aryl methyl sites for hydroxylation is 1. The van der Waals surface area contributed by atoms with Crippen LogP contribution in [-0.4, -0.2) is 21.9 Å². The molecule has 22 heavy (non-hydrogen) atoms. The van der Waals surface area contributed by atoms with Gasteiger partial charge in [-0.1, -0.05) is 19.1 Å².